The molecule has 1 aromatic rings. The third kappa shape index (κ3) is 2.76. The van der Waals surface area contributed by atoms with Crippen molar-refractivity contribution in [2.75, 3.05) is 13.7 Å². The number of amides is 1. The summed E-state index contributed by atoms with van der Waals surface area (Å²) in [5.74, 6) is 0.299. The molecule has 1 amide bonds. The Labute approximate surface area is 76.2 Å². The Balaban J connectivity index is 2.47. The van der Waals surface area contributed by atoms with Crippen molar-refractivity contribution in [2.45, 2.75) is 0 Å². The molecule has 0 unspecified atom stereocenters. The van der Waals surface area contributed by atoms with E-state index in [2.05, 4.69) is 16.6 Å². The maximum atomic E-state index is 11.0. The van der Waals surface area contributed by atoms with Gasteiger partial charge >= 0.3 is 0 Å². The first-order valence-electron chi connectivity index (χ1n) is 3.75. The summed E-state index contributed by atoms with van der Waals surface area (Å²) in [4.78, 5) is 11.0. The van der Waals surface area contributed by atoms with Crippen LogP contribution in [0.15, 0.2) is 29.4 Å². The van der Waals surface area contributed by atoms with E-state index in [0.29, 0.717) is 11.5 Å². The monoisotopic (exact) mass is 181 g/mol. The minimum atomic E-state index is -0.246. The van der Waals surface area contributed by atoms with E-state index in [4.69, 9.17) is 4.42 Å². The number of furan rings is 1. The number of hydrogen-bond acceptors (Lipinski definition) is 3. The highest BCUT2D eigenvalue weighted by atomic mass is 16.5. The van der Waals surface area contributed by atoms with Gasteiger partial charge in [-0.25, -0.2) is 0 Å². The highest BCUT2D eigenvalue weighted by molar-refractivity contribution is 5.86. The molecular weight excluding hydrogens is 170 g/mol. The summed E-state index contributed by atoms with van der Waals surface area (Å²) >= 11 is 0. The van der Waals surface area contributed by atoms with Crippen LogP contribution in [0, 0.1) is 0 Å². The number of nitrogens with one attached hydrogen (secondary N) is 1. The van der Waals surface area contributed by atoms with Gasteiger partial charge in [-0.3, -0.25) is 4.79 Å². The third-order valence-electron chi connectivity index (χ3n) is 1.38. The average Bonchev–Trinajstić information content (AvgIpc) is 2.55. The molecule has 0 aliphatic carbocycles. The van der Waals surface area contributed by atoms with Crippen molar-refractivity contribution in [3.8, 4) is 0 Å². The maximum Gasteiger partial charge on any atom is 0.250 e. The van der Waals surface area contributed by atoms with Crippen molar-refractivity contribution in [1.29, 1.82) is 0 Å². The Hall–Kier alpha value is -1.55. The van der Waals surface area contributed by atoms with Crippen molar-refractivity contribution in [3.63, 3.8) is 0 Å². The number of carbonyl (C=O) groups excluding carboxylic acids is 1. The van der Waals surface area contributed by atoms with E-state index in [1.807, 2.05) is 0 Å². The SMILES string of the molecule is C=C(NC(=O)COC)c1ccco1. The van der Waals surface area contributed by atoms with E-state index in [-0.39, 0.29) is 12.5 Å². The second-order valence-corrected chi connectivity index (χ2v) is 2.44. The molecule has 13 heavy (non-hydrogen) atoms. The van der Waals surface area contributed by atoms with Gasteiger partial charge in [-0.15, -0.1) is 0 Å². The molecule has 1 rings (SSSR count). The molecule has 4 nitrogen and oxygen atoms in total. The Kier molecular flexibility index (Phi) is 3.28. The number of carbonyl (C=O) groups is 1. The zero-order valence-corrected chi connectivity index (χ0v) is 7.37. The Morgan fingerprint density at radius 3 is 3.08 bits per heavy atom. The van der Waals surface area contributed by atoms with Gasteiger partial charge in [0.25, 0.3) is 0 Å². The minimum absolute atomic E-state index is 0.0136. The Morgan fingerprint density at radius 2 is 2.54 bits per heavy atom. The number of ether oxygens (including phenoxy) is 1. The molecule has 0 bridgehead atoms. The van der Waals surface area contributed by atoms with E-state index >= 15 is 0 Å². The van der Waals surface area contributed by atoms with Crippen molar-refractivity contribution in [3.05, 3.63) is 30.7 Å². The summed E-state index contributed by atoms with van der Waals surface area (Å²) < 4.78 is 9.66. The quantitative estimate of drug-likeness (QED) is 0.754. The van der Waals surface area contributed by atoms with Gasteiger partial charge in [-0.2, -0.15) is 0 Å². The lowest BCUT2D eigenvalue weighted by atomic mass is 10.3. The summed E-state index contributed by atoms with van der Waals surface area (Å²) in [5, 5.41) is 2.53. The molecule has 1 N–H and O–H groups in total. The molecule has 0 saturated heterocycles. The lowest BCUT2D eigenvalue weighted by Crippen LogP contribution is -2.25. The van der Waals surface area contributed by atoms with Crippen LogP contribution in [0.1, 0.15) is 5.76 Å². The van der Waals surface area contributed by atoms with Crippen LogP contribution >= 0.6 is 0 Å². The fourth-order valence-electron chi connectivity index (χ4n) is 0.847. The van der Waals surface area contributed by atoms with Crippen LogP contribution in [-0.4, -0.2) is 19.6 Å². The van der Waals surface area contributed by atoms with E-state index in [1.165, 1.54) is 13.4 Å². The van der Waals surface area contributed by atoms with Crippen molar-refractivity contribution in [2.24, 2.45) is 0 Å². The highest BCUT2D eigenvalue weighted by Gasteiger charge is 2.05. The summed E-state index contributed by atoms with van der Waals surface area (Å²) in [6.45, 7) is 3.65. The van der Waals surface area contributed by atoms with Gasteiger partial charge in [0.2, 0.25) is 5.91 Å². The molecule has 1 heterocycles. The maximum absolute atomic E-state index is 11.0. The molecule has 0 atom stereocenters. The van der Waals surface area contributed by atoms with Crippen LogP contribution in [-0.2, 0) is 9.53 Å². The smallest absolute Gasteiger partial charge is 0.250 e. The lowest BCUT2D eigenvalue weighted by Gasteiger charge is -2.04. The average molecular weight is 181 g/mol. The first-order chi connectivity index (χ1) is 6.24. The standard InChI is InChI=1S/C9H11NO3/c1-7(8-4-3-5-13-8)10-9(11)6-12-2/h3-5H,1,6H2,2H3,(H,10,11). The van der Waals surface area contributed by atoms with Gasteiger partial charge in [-0.05, 0) is 12.1 Å². The molecule has 0 spiro atoms. The fourth-order valence-corrected chi connectivity index (χ4v) is 0.847. The molecular formula is C9H11NO3. The largest absolute Gasteiger partial charge is 0.463 e. The molecule has 0 aliphatic heterocycles. The van der Waals surface area contributed by atoms with Crippen LogP contribution in [0.25, 0.3) is 5.70 Å². The highest BCUT2D eigenvalue weighted by Crippen LogP contribution is 2.08. The topological polar surface area (TPSA) is 51.5 Å². The van der Waals surface area contributed by atoms with Crippen molar-refractivity contribution in [1.82, 2.24) is 5.32 Å². The normalized spacial score (nSPS) is 9.62. The summed E-state index contributed by atoms with van der Waals surface area (Å²) in [5.41, 5.74) is 0.437. The molecule has 0 radical (unpaired) electrons. The molecule has 0 aliphatic rings. The minimum Gasteiger partial charge on any atom is -0.463 e. The van der Waals surface area contributed by atoms with Crippen molar-refractivity contribution >= 4 is 11.6 Å². The van der Waals surface area contributed by atoms with Crippen LogP contribution in [0.4, 0.5) is 0 Å². The van der Waals surface area contributed by atoms with Crippen LogP contribution < -0.4 is 5.32 Å². The van der Waals surface area contributed by atoms with Gasteiger partial charge < -0.3 is 14.5 Å². The number of methoxy groups -OCH3 is 1. The van der Waals surface area contributed by atoms with Crippen molar-refractivity contribution < 1.29 is 13.9 Å². The molecule has 0 saturated carbocycles. The first kappa shape index (κ1) is 9.54. The van der Waals surface area contributed by atoms with Gasteiger partial charge in [0.1, 0.15) is 12.4 Å². The molecule has 0 aromatic carbocycles. The predicted molar refractivity (Wildman–Crippen MR) is 47.8 cm³/mol. The molecule has 0 fully saturated rings. The van der Waals surface area contributed by atoms with Crippen LogP contribution in [0.3, 0.4) is 0 Å². The van der Waals surface area contributed by atoms with Gasteiger partial charge in [0, 0.05) is 7.11 Å². The van der Waals surface area contributed by atoms with Crippen LogP contribution in [0.2, 0.25) is 0 Å². The van der Waals surface area contributed by atoms with E-state index in [1.54, 1.807) is 12.1 Å². The second-order valence-electron chi connectivity index (χ2n) is 2.44. The summed E-state index contributed by atoms with van der Waals surface area (Å²) in [6.07, 6.45) is 1.52. The zero-order chi connectivity index (χ0) is 9.68. The molecule has 70 valence electrons. The predicted octanol–water partition coefficient (Wildman–Crippen LogP) is 1.01. The summed E-state index contributed by atoms with van der Waals surface area (Å²) in [6, 6.07) is 3.44. The number of rotatable bonds is 4. The zero-order valence-electron chi connectivity index (χ0n) is 7.37. The molecule has 1 aromatic heterocycles. The Bertz CT molecular complexity index is 290. The Morgan fingerprint density at radius 1 is 1.77 bits per heavy atom. The first-order valence-corrected chi connectivity index (χ1v) is 3.75. The second kappa shape index (κ2) is 4.47. The van der Waals surface area contributed by atoms with Gasteiger partial charge in [0.05, 0.1) is 12.0 Å². The molecule has 4 heteroatoms. The van der Waals surface area contributed by atoms with Gasteiger partial charge in [-0.1, -0.05) is 6.58 Å². The third-order valence-corrected chi connectivity index (χ3v) is 1.38. The van der Waals surface area contributed by atoms with Crippen LogP contribution in [0.5, 0.6) is 0 Å². The number of hydrogen-bond donors (Lipinski definition) is 1. The van der Waals surface area contributed by atoms with Gasteiger partial charge in [0.15, 0.2) is 0 Å². The fraction of sp³-hybridized carbons (Fsp3) is 0.222. The lowest BCUT2D eigenvalue weighted by molar-refractivity contribution is -0.123. The van der Waals surface area contributed by atoms with E-state index < -0.39 is 0 Å². The van der Waals surface area contributed by atoms with E-state index in [9.17, 15) is 4.79 Å². The summed E-state index contributed by atoms with van der Waals surface area (Å²) in [7, 11) is 1.45. The van der Waals surface area contributed by atoms with E-state index in [0.717, 1.165) is 0 Å².